The van der Waals surface area contributed by atoms with Gasteiger partial charge in [0.2, 0.25) is 0 Å². The lowest BCUT2D eigenvalue weighted by Crippen LogP contribution is -2.60. The van der Waals surface area contributed by atoms with Gasteiger partial charge in [-0.2, -0.15) is 5.10 Å². The van der Waals surface area contributed by atoms with Crippen LogP contribution in [-0.2, 0) is 13.0 Å². The highest BCUT2D eigenvalue weighted by Crippen LogP contribution is 2.37. The normalized spacial score (nSPS) is 28.8. The Hall–Kier alpha value is -0.940. The fourth-order valence-electron chi connectivity index (χ4n) is 3.51. The first-order valence-electron chi connectivity index (χ1n) is 7.79. The molecule has 114 valence electrons. The molecule has 0 bridgehead atoms. The molecule has 5 heteroatoms. The predicted octanol–water partition coefficient (Wildman–Crippen LogP) is 1.68. The van der Waals surface area contributed by atoms with Crippen LogP contribution in [0.3, 0.4) is 0 Å². The molecular formula is C15H29N5. The van der Waals surface area contributed by atoms with Crippen molar-refractivity contribution in [2.24, 2.45) is 11.7 Å². The van der Waals surface area contributed by atoms with Gasteiger partial charge in [0, 0.05) is 24.5 Å². The summed E-state index contributed by atoms with van der Waals surface area (Å²) < 4.78 is 1.95. The molecule has 0 amide bonds. The van der Waals surface area contributed by atoms with Crippen LogP contribution in [0.2, 0.25) is 0 Å². The van der Waals surface area contributed by atoms with E-state index in [-0.39, 0.29) is 11.6 Å². The smallest absolute Gasteiger partial charge is 0.138 e. The van der Waals surface area contributed by atoms with Crippen LogP contribution in [0, 0.1) is 5.92 Å². The minimum atomic E-state index is 0.108. The van der Waals surface area contributed by atoms with Crippen molar-refractivity contribution in [1.29, 1.82) is 0 Å². The van der Waals surface area contributed by atoms with Gasteiger partial charge in [-0.3, -0.25) is 4.68 Å². The highest BCUT2D eigenvalue weighted by molar-refractivity contribution is 5.04. The van der Waals surface area contributed by atoms with Crippen molar-refractivity contribution in [3.63, 3.8) is 0 Å². The quantitative estimate of drug-likeness (QED) is 0.891. The summed E-state index contributed by atoms with van der Waals surface area (Å²) in [6, 6.07) is 0.111. The first-order chi connectivity index (χ1) is 9.49. The number of aryl methyl sites for hydroxylation is 1. The third-order valence-corrected chi connectivity index (χ3v) is 5.12. The van der Waals surface area contributed by atoms with Crippen LogP contribution in [0.5, 0.6) is 0 Å². The van der Waals surface area contributed by atoms with E-state index in [2.05, 4.69) is 42.9 Å². The van der Waals surface area contributed by atoms with Crippen molar-refractivity contribution < 1.29 is 0 Å². The summed E-state index contributed by atoms with van der Waals surface area (Å²) in [5.41, 5.74) is 6.73. The largest absolute Gasteiger partial charge is 0.326 e. The van der Waals surface area contributed by atoms with E-state index in [0.29, 0.717) is 0 Å². The molecule has 2 N–H and O–H groups in total. The summed E-state index contributed by atoms with van der Waals surface area (Å²) in [5, 5.41) is 4.25. The second kappa shape index (κ2) is 6.22. The zero-order valence-electron chi connectivity index (χ0n) is 13.3. The monoisotopic (exact) mass is 279 g/mol. The summed E-state index contributed by atoms with van der Waals surface area (Å²) >= 11 is 0. The Labute approximate surface area is 122 Å². The SMILES string of the molecule is CCn1ncnc1CC(N)C1(N(C)C)CCC(C)CC1. The van der Waals surface area contributed by atoms with Crippen molar-refractivity contribution in [1.82, 2.24) is 19.7 Å². The highest BCUT2D eigenvalue weighted by atomic mass is 15.3. The maximum atomic E-state index is 6.62. The topological polar surface area (TPSA) is 60.0 Å². The number of hydrogen-bond acceptors (Lipinski definition) is 4. The summed E-state index contributed by atoms with van der Waals surface area (Å²) in [6.07, 6.45) is 7.35. The number of rotatable bonds is 5. The molecular weight excluding hydrogens is 250 g/mol. The van der Waals surface area contributed by atoms with Gasteiger partial charge in [0.05, 0.1) is 0 Å². The number of likely N-dealkylation sites (N-methyl/N-ethyl adjacent to an activating group) is 1. The standard InChI is InChI=1S/C15H29N5/c1-5-20-14(17-11-18-20)10-13(16)15(19(3)4)8-6-12(2)7-9-15/h11-13H,5-10,16H2,1-4H3. The number of nitrogens with zero attached hydrogens (tertiary/aromatic N) is 4. The van der Waals surface area contributed by atoms with Gasteiger partial charge in [-0.15, -0.1) is 0 Å². The number of nitrogens with two attached hydrogens (primary N) is 1. The van der Waals surface area contributed by atoms with E-state index >= 15 is 0 Å². The third-order valence-electron chi connectivity index (χ3n) is 5.12. The van der Waals surface area contributed by atoms with Gasteiger partial charge in [-0.25, -0.2) is 4.98 Å². The van der Waals surface area contributed by atoms with Crippen molar-refractivity contribution in [2.75, 3.05) is 14.1 Å². The Morgan fingerprint density at radius 1 is 1.45 bits per heavy atom. The molecule has 5 nitrogen and oxygen atoms in total. The van der Waals surface area contributed by atoms with E-state index < -0.39 is 0 Å². The number of hydrogen-bond donors (Lipinski definition) is 1. The molecule has 1 atom stereocenters. The molecule has 1 aliphatic rings. The fourth-order valence-corrected chi connectivity index (χ4v) is 3.51. The van der Waals surface area contributed by atoms with Gasteiger partial charge in [-0.05, 0) is 52.6 Å². The Morgan fingerprint density at radius 2 is 2.10 bits per heavy atom. The van der Waals surface area contributed by atoms with Crippen molar-refractivity contribution in [2.45, 2.75) is 64.1 Å². The van der Waals surface area contributed by atoms with Crippen LogP contribution in [0.15, 0.2) is 6.33 Å². The second-order valence-corrected chi connectivity index (χ2v) is 6.48. The highest BCUT2D eigenvalue weighted by Gasteiger charge is 2.41. The molecule has 20 heavy (non-hydrogen) atoms. The van der Waals surface area contributed by atoms with E-state index in [0.717, 1.165) is 24.7 Å². The molecule has 1 aromatic rings. The maximum Gasteiger partial charge on any atom is 0.138 e. The molecule has 1 unspecified atom stereocenters. The van der Waals surface area contributed by atoms with Gasteiger partial charge >= 0.3 is 0 Å². The fraction of sp³-hybridized carbons (Fsp3) is 0.867. The lowest BCUT2D eigenvalue weighted by Gasteiger charge is -2.48. The molecule has 0 saturated heterocycles. The van der Waals surface area contributed by atoms with Crippen molar-refractivity contribution >= 4 is 0 Å². The lowest BCUT2D eigenvalue weighted by molar-refractivity contribution is 0.0559. The summed E-state index contributed by atoms with van der Waals surface area (Å²) in [4.78, 5) is 6.72. The minimum Gasteiger partial charge on any atom is -0.326 e. The predicted molar refractivity (Wildman–Crippen MR) is 81.4 cm³/mol. The minimum absolute atomic E-state index is 0.108. The lowest BCUT2D eigenvalue weighted by atomic mass is 9.71. The van der Waals surface area contributed by atoms with Crippen molar-refractivity contribution in [3.05, 3.63) is 12.2 Å². The van der Waals surface area contributed by atoms with Gasteiger partial charge in [0.15, 0.2) is 0 Å². The molecule has 0 radical (unpaired) electrons. The number of aromatic nitrogens is 3. The van der Waals surface area contributed by atoms with Crippen LogP contribution in [0.25, 0.3) is 0 Å². The molecule has 1 fully saturated rings. The van der Waals surface area contributed by atoms with Gasteiger partial charge in [0.1, 0.15) is 12.2 Å². The summed E-state index contributed by atoms with van der Waals surface area (Å²) in [7, 11) is 4.33. The Bertz CT molecular complexity index is 418. The Kier molecular flexibility index (Phi) is 4.81. The zero-order chi connectivity index (χ0) is 14.8. The summed E-state index contributed by atoms with van der Waals surface area (Å²) in [6.45, 7) is 5.29. The second-order valence-electron chi connectivity index (χ2n) is 6.48. The van der Waals surface area contributed by atoms with E-state index in [4.69, 9.17) is 5.73 Å². The molecule has 1 aromatic heterocycles. The Balaban J connectivity index is 2.13. The van der Waals surface area contributed by atoms with E-state index in [1.54, 1.807) is 6.33 Å². The molecule has 0 spiro atoms. The molecule has 0 aromatic carbocycles. The first kappa shape index (κ1) is 15.4. The van der Waals surface area contributed by atoms with Gasteiger partial charge < -0.3 is 10.6 Å². The summed E-state index contributed by atoms with van der Waals surface area (Å²) in [5.74, 6) is 1.84. The molecule has 1 saturated carbocycles. The van der Waals surface area contributed by atoms with E-state index in [1.807, 2.05) is 4.68 Å². The molecule has 0 aliphatic heterocycles. The maximum absolute atomic E-state index is 6.62. The van der Waals surface area contributed by atoms with E-state index in [1.165, 1.54) is 25.7 Å². The van der Waals surface area contributed by atoms with Crippen LogP contribution in [-0.4, -0.2) is 45.3 Å². The van der Waals surface area contributed by atoms with Crippen molar-refractivity contribution in [3.8, 4) is 0 Å². The van der Waals surface area contributed by atoms with Gasteiger partial charge in [0.25, 0.3) is 0 Å². The first-order valence-corrected chi connectivity index (χ1v) is 7.79. The third kappa shape index (κ3) is 2.88. The zero-order valence-corrected chi connectivity index (χ0v) is 13.3. The molecule has 2 rings (SSSR count). The van der Waals surface area contributed by atoms with Crippen LogP contribution < -0.4 is 5.73 Å². The van der Waals surface area contributed by atoms with Crippen LogP contribution in [0.4, 0.5) is 0 Å². The molecule has 1 heterocycles. The van der Waals surface area contributed by atoms with Gasteiger partial charge in [-0.1, -0.05) is 6.92 Å². The van der Waals surface area contributed by atoms with Crippen LogP contribution >= 0.6 is 0 Å². The Morgan fingerprint density at radius 3 is 2.65 bits per heavy atom. The van der Waals surface area contributed by atoms with E-state index in [9.17, 15) is 0 Å². The molecule has 1 aliphatic carbocycles. The van der Waals surface area contributed by atoms with Crippen LogP contribution in [0.1, 0.15) is 45.4 Å². The average molecular weight is 279 g/mol. The average Bonchev–Trinajstić information content (AvgIpc) is 2.86.